The summed E-state index contributed by atoms with van der Waals surface area (Å²) in [7, 11) is 3.99. The monoisotopic (exact) mass is 432 g/mol. The number of rotatable bonds is 14. The van der Waals surface area contributed by atoms with Crippen LogP contribution in [0.25, 0.3) is 0 Å². The van der Waals surface area contributed by atoms with Gasteiger partial charge in [0, 0.05) is 31.2 Å². The first-order valence-electron chi connectivity index (χ1n) is 11.7. The van der Waals surface area contributed by atoms with Crippen molar-refractivity contribution in [3.05, 3.63) is 35.4 Å². The van der Waals surface area contributed by atoms with E-state index in [1.807, 2.05) is 43.3 Å². The summed E-state index contributed by atoms with van der Waals surface area (Å²) in [4.78, 5) is 21.6. The highest BCUT2D eigenvalue weighted by Crippen LogP contribution is 2.07. The molecule has 0 saturated carbocycles. The van der Waals surface area contributed by atoms with Crippen LogP contribution in [-0.4, -0.2) is 81.1 Å². The molecule has 0 bridgehead atoms. The first kappa shape index (κ1) is 26.9. The number of hydrogen-bond acceptors (Lipinski definition) is 4. The van der Waals surface area contributed by atoms with Crippen LogP contribution in [0.15, 0.2) is 29.3 Å². The van der Waals surface area contributed by atoms with Gasteiger partial charge in [0.05, 0.1) is 6.54 Å². The lowest BCUT2D eigenvalue weighted by Crippen LogP contribution is -2.42. The number of likely N-dealkylation sites (N-methyl/N-ethyl adjacent to an activating group) is 1. The van der Waals surface area contributed by atoms with Crippen LogP contribution >= 0.6 is 0 Å². The van der Waals surface area contributed by atoms with Gasteiger partial charge < -0.3 is 25.8 Å². The van der Waals surface area contributed by atoms with Crippen molar-refractivity contribution >= 4 is 11.9 Å². The third-order valence-corrected chi connectivity index (χ3v) is 5.19. The van der Waals surface area contributed by atoms with Crippen LogP contribution in [0.5, 0.6) is 0 Å². The van der Waals surface area contributed by atoms with Gasteiger partial charge >= 0.3 is 0 Å². The van der Waals surface area contributed by atoms with Gasteiger partial charge in [-0.1, -0.05) is 26.0 Å². The minimum absolute atomic E-state index is 0.0421. The maximum atomic E-state index is 12.4. The Morgan fingerprint density at radius 3 is 2.48 bits per heavy atom. The molecule has 1 aromatic rings. The van der Waals surface area contributed by atoms with Crippen molar-refractivity contribution < 1.29 is 4.79 Å². The van der Waals surface area contributed by atoms with Gasteiger partial charge in [0.25, 0.3) is 5.91 Å². The van der Waals surface area contributed by atoms with Crippen molar-refractivity contribution in [3.63, 3.8) is 0 Å². The Labute approximate surface area is 189 Å². The first-order valence-corrected chi connectivity index (χ1v) is 11.7. The Balaban J connectivity index is 2.61. The van der Waals surface area contributed by atoms with Crippen LogP contribution in [0.2, 0.25) is 0 Å². The van der Waals surface area contributed by atoms with Gasteiger partial charge in [-0.25, -0.2) is 4.99 Å². The molecule has 1 rings (SSSR count). The number of hydrogen-bond donors (Lipinski definition) is 3. The number of nitrogens with one attached hydrogen (secondary N) is 3. The summed E-state index contributed by atoms with van der Waals surface area (Å²) < 4.78 is 0. The molecule has 31 heavy (non-hydrogen) atoms. The average molecular weight is 433 g/mol. The summed E-state index contributed by atoms with van der Waals surface area (Å²) in [5.41, 5.74) is 1.70. The van der Waals surface area contributed by atoms with Gasteiger partial charge in [0.2, 0.25) is 0 Å². The second kappa shape index (κ2) is 15.6. The van der Waals surface area contributed by atoms with Crippen LogP contribution in [0.1, 0.15) is 56.5 Å². The number of nitrogens with zero attached hydrogens (tertiary/aromatic N) is 3. The average Bonchev–Trinajstić information content (AvgIpc) is 2.75. The largest absolute Gasteiger partial charge is 0.357 e. The van der Waals surface area contributed by atoms with E-state index < -0.39 is 0 Å². The van der Waals surface area contributed by atoms with Gasteiger partial charge in [0.1, 0.15) is 0 Å². The number of amides is 1. The number of benzene rings is 1. The number of carbonyl (C=O) groups is 1. The molecule has 7 nitrogen and oxygen atoms in total. The Bertz CT molecular complexity index is 657. The van der Waals surface area contributed by atoms with Gasteiger partial charge in [-0.15, -0.1) is 0 Å². The van der Waals surface area contributed by atoms with E-state index in [1.165, 1.54) is 6.42 Å². The number of aliphatic imine (C=N–C) groups is 1. The molecule has 0 heterocycles. The molecule has 0 aliphatic carbocycles. The number of carbonyl (C=O) groups excluding carboxylic acids is 1. The van der Waals surface area contributed by atoms with E-state index in [9.17, 15) is 4.79 Å². The lowest BCUT2D eigenvalue weighted by atomic mass is 10.1. The van der Waals surface area contributed by atoms with Crippen LogP contribution < -0.4 is 16.0 Å². The molecule has 7 heteroatoms. The molecular weight excluding hydrogens is 388 g/mol. The minimum atomic E-state index is -0.0421. The fraction of sp³-hybridized carbons (Fsp3) is 0.667. The van der Waals surface area contributed by atoms with E-state index in [-0.39, 0.29) is 5.91 Å². The summed E-state index contributed by atoms with van der Waals surface area (Å²) in [5, 5.41) is 9.80. The molecule has 1 aromatic carbocycles. The first-order chi connectivity index (χ1) is 14.9. The predicted octanol–water partition coefficient (Wildman–Crippen LogP) is 2.54. The molecule has 0 aliphatic heterocycles. The van der Waals surface area contributed by atoms with Gasteiger partial charge in [0.15, 0.2) is 5.96 Å². The molecule has 3 N–H and O–H groups in total. The van der Waals surface area contributed by atoms with Crippen molar-refractivity contribution in [2.24, 2.45) is 4.99 Å². The summed E-state index contributed by atoms with van der Waals surface area (Å²) in [6.07, 6.45) is 2.27. The van der Waals surface area contributed by atoms with Crippen LogP contribution in [-0.2, 0) is 6.54 Å². The van der Waals surface area contributed by atoms with Gasteiger partial charge in [-0.05, 0) is 78.1 Å². The van der Waals surface area contributed by atoms with Gasteiger partial charge in [-0.2, -0.15) is 0 Å². The minimum Gasteiger partial charge on any atom is -0.357 e. The molecule has 0 spiro atoms. The fourth-order valence-corrected chi connectivity index (χ4v) is 3.26. The molecule has 1 unspecified atom stereocenters. The second-order valence-electron chi connectivity index (χ2n) is 8.17. The molecule has 176 valence electrons. The highest BCUT2D eigenvalue weighted by atomic mass is 16.1. The van der Waals surface area contributed by atoms with E-state index in [1.54, 1.807) is 0 Å². The Morgan fingerprint density at radius 1 is 1.10 bits per heavy atom. The zero-order valence-electron chi connectivity index (χ0n) is 20.5. The molecule has 0 aliphatic rings. The van der Waals surface area contributed by atoms with E-state index in [4.69, 9.17) is 4.99 Å². The zero-order valence-corrected chi connectivity index (χ0v) is 20.5. The van der Waals surface area contributed by atoms with Crippen molar-refractivity contribution in [3.8, 4) is 0 Å². The van der Waals surface area contributed by atoms with Crippen molar-refractivity contribution in [2.45, 2.75) is 53.1 Å². The van der Waals surface area contributed by atoms with Gasteiger partial charge in [-0.3, -0.25) is 4.79 Å². The lowest BCUT2D eigenvalue weighted by molar-refractivity contribution is 0.0951. The maximum absolute atomic E-state index is 12.4. The Hall–Kier alpha value is -2.12. The van der Waals surface area contributed by atoms with Crippen LogP contribution in [0, 0.1) is 0 Å². The highest BCUT2D eigenvalue weighted by Gasteiger charge is 2.08. The van der Waals surface area contributed by atoms with Crippen molar-refractivity contribution in [1.29, 1.82) is 0 Å². The molecule has 0 saturated heterocycles. The molecule has 0 radical (unpaired) electrons. The zero-order chi connectivity index (χ0) is 23.1. The Kier molecular flexibility index (Phi) is 13.6. The van der Waals surface area contributed by atoms with E-state index >= 15 is 0 Å². The van der Waals surface area contributed by atoms with E-state index in [0.717, 1.165) is 50.7 Å². The lowest BCUT2D eigenvalue weighted by Gasteiger charge is -2.21. The normalized spacial score (nSPS) is 12.8. The topological polar surface area (TPSA) is 72.0 Å². The summed E-state index contributed by atoms with van der Waals surface area (Å²) in [6.45, 7) is 14.8. The summed E-state index contributed by atoms with van der Waals surface area (Å²) >= 11 is 0. The van der Waals surface area contributed by atoms with Crippen molar-refractivity contribution in [1.82, 2.24) is 25.8 Å². The third-order valence-electron chi connectivity index (χ3n) is 5.19. The smallest absolute Gasteiger partial charge is 0.251 e. The number of guanidine groups is 1. The highest BCUT2D eigenvalue weighted by molar-refractivity contribution is 5.94. The van der Waals surface area contributed by atoms with E-state index in [2.05, 4.69) is 48.5 Å². The van der Waals surface area contributed by atoms with Crippen LogP contribution in [0.3, 0.4) is 0 Å². The maximum Gasteiger partial charge on any atom is 0.251 e. The fourth-order valence-electron chi connectivity index (χ4n) is 3.26. The predicted molar refractivity (Wildman–Crippen MR) is 132 cm³/mol. The van der Waals surface area contributed by atoms with E-state index in [0.29, 0.717) is 24.7 Å². The standard InChI is InChI=1S/C24H44N6O/c1-7-25-24(28-20(4)12-11-16-30(8-2)9-3)27-19-21-13-10-14-22(18-21)23(31)26-15-17-29(5)6/h10,13-14,18,20H,7-9,11-12,15-17,19H2,1-6H3,(H,26,31)(H2,25,27,28). The molecule has 1 atom stereocenters. The third kappa shape index (κ3) is 11.7. The quantitative estimate of drug-likeness (QED) is 0.311. The Morgan fingerprint density at radius 2 is 1.84 bits per heavy atom. The summed E-state index contributed by atoms with van der Waals surface area (Å²) in [6, 6.07) is 8.05. The van der Waals surface area contributed by atoms with Crippen molar-refractivity contribution in [2.75, 3.05) is 53.4 Å². The molecule has 1 amide bonds. The summed E-state index contributed by atoms with van der Waals surface area (Å²) in [5.74, 6) is 0.776. The molecular formula is C24H44N6O. The molecule has 0 aromatic heterocycles. The second-order valence-corrected chi connectivity index (χ2v) is 8.17. The SMILES string of the molecule is CCNC(=NCc1cccc(C(=O)NCCN(C)C)c1)NC(C)CCCN(CC)CC. The molecule has 0 fully saturated rings. The van der Waals surface area contributed by atoms with Crippen LogP contribution in [0.4, 0.5) is 0 Å².